The summed E-state index contributed by atoms with van der Waals surface area (Å²) in [6.07, 6.45) is 0. The van der Waals surface area contributed by atoms with E-state index in [2.05, 4.69) is 90.1 Å². The third-order valence-corrected chi connectivity index (χ3v) is 11.7. The fourth-order valence-corrected chi connectivity index (χ4v) is 9.04. The molecular weight excluding hydrogens is 679 g/mol. The molecule has 0 saturated carbocycles. The highest BCUT2D eigenvalue weighted by Crippen LogP contribution is 2.48. The Balaban J connectivity index is 1.19. The van der Waals surface area contributed by atoms with Crippen molar-refractivity contribution in [2.75, 3.05) is 4.90 Å². The molecule has 9 rings (SSSR count). The number of amides is 2. The first-order valence-electron chi connectivity index (χ1n) is 19.1. The zero-order valence-corrected chi connectivity index (χ0v) is 32.5. The highest BCUT2D eigenvalue weighted by Gasteiger charge is 2.38. The van der Waals surface area contributed by atoms with Gasteiger partial charge in [-0.2, -0.15) is 0 Å². The van der Waals surface area contributed by atoms with Gasteiger partial charge in [-0.15, -0.1) is 0 Å². The van der Waals surface area contributed by atoms with Crippen LogP contribution in [0.5, 0.6) is 17.2 Å². The Hall–Kier alpha value is -6.20. The number of rotatable bonds is 6. The minimum Gasteiger partial charge on any atom is -0.507 e. The molecule has 1 aliphatic rings. The molecule has 0 spiro atoms. The van der Waals surface area contributed by atoms with Crippen LogP contribution in [0.1, 0.15) is 93.6 Å². The van der Waals surface area contributed by atoms with Gasteiger partial charge in [0.1, 0.15) is 17.2 Å². The number of imide groups is 1. The van der Waals surface area contributed by atoms with Crippen LogP contribution >= 0.6 is 0 Å². The quantitative estimate of drug-likeness (QED) is 0.105. The number of hydrogen-bond acceptors (Lipinski definition) is 4. The van der Waals surface area contributed by atoms with E-state index in [4.69, 9.17) is 4.74 Å². The summed E-state index contributed by atoms with van der Waals surface area (Å²) in [7, 11) is 0. The third-order valence-electron chi connectivity index (χ3n) is 11.7. The number of fused-ring (bicyclic) bond motifs is 2. The van der Waals surface area contributed by atoms with E-state index >= 15 is 0 Å². The van der Waals surface area contributed by atoms with E-state index in [1.165, 1.54) is 4.90 Å². The topological polar surface area (TPSA) is 66.8 Å². The summed E-state index contributed by atoms with van der Waals surface area (Å²) >= 11 is 0. The molecule has 8 aromatic carbocycles. The van der Waals surface area contributed by atoms with Crippen LogP contribution in [0.25, 0.3) is 54.2 Å². The van der Waals surface area contributed by atoms with E-state index in [9.17, 15) is 14.7 Å². The third kappa shape index (κ3) is 5.06. The molecule has 272 valence electrons. The molecule has 5 nitrogen and oxygen atoms in total. The van der Waals surface area contributed by atoms with E-state index in [1.807, 2.05) is 62.4 Å². The summed E-state index contributed by atoms with van der Waals surface area (Å²) in [4.78, 5) is 30.7. The molecule has 55 heavy (non-hydrogen) atoms. The van der Waals surface area contributed by atoms with Gasteiger partial charge in [0.15, 0.2) is 0 Å². The lowest BCUT2D eigenvalue weighted by Crippen LogP contribution is -2.41. The summed E-state index contributed by atoms with van der Waals surface area (Å²) in [5, 5.41) is 18.2. The number of carbonyl (C=O) groups is 2. The first-order valence-corrected chi connectivity index (χ1v) is 19.1. The minimum absolute atomic E-state index is 0.128. The van der Waals surface area contributed by atoms with E-state index in [0.29, 0.717) is 16.9 Å². The Bertz CT molecular complexity index is 2810. The predicted octanol–water partition coefficient (Wildman–Crippen LogP) is 13.2. The van der Waals surface area contributed by atoms with Crippen molar-refractivity contribution < 1.29 is 19.4 Å². The summed E-state index contributed by atoms with van der Waals surface area (Å²) in [6, 6.07) is 32.8. The smallest absolute Gasteiger partial charge is 0.266 e. The van der Waals surface area contributed by atoms with Gasteiger partial charge < -0.3 is 9.84 Å². The number of anilines is 1. The molecule has 0 aromatic heterocycles. The molecule has 8 aromatic rings. The molecule has 2 amide bonds. The van der Waals surface area contributed by atoms with Crippen molar-refractivity contribution in [2.24, 2.45) is 0 Å². The molecule has 0 unspecified atom stereocenters. The summed E-state index contributed by atoms with van der Waals surface area (Å²) in [6.45, 7) is 16.4. The number of aryl methyl sites for hydroxylation is 4. The maximum absolute atomic E-state index is 14.6. The van der Waals surface area contributed by atoms with Gasteiger partial charge >= 0.3 is 0 Å². The molecule has 1 N–H and O–H groups in total. The molecule has 0 aliphatic carbocycles. The largest absolute Gasteiger partial charge is 0.507 e. The van der Waals surface area contributed by atoms with Crippen molar-refractivity contribution in [3.05, 3.63) is 142 Å². The van der Waals surface area contributed by atoms with Gasteiger partial charge in [-0.05, 0) is 160 Å². The van der Waals surface area contributed by atoms with Gasteiger partial charge in [0.2, 0.25) is 0 Å². The predicted molar refractivity (Wildman–Crippen MR) is 226 cm³/mol. The minimum atomic E-state index is -0.281. The monoisotopic (exact) mass is 721 g/mol. The zero-order chi connectivity index (χ0) is 38.6. The molecule has 1 aliphatic heterocycles. The fourth-order valence-electron chi connectivity index (χ4n) is 9.04. The lowest BCUT2D eigenvalue weighted by atomic mass is 9.84. The van der Waals surface area contributed by atoms with Crippen molar-refractivity contribution in [2.45, 2.75) is 67.2 Å². The van der Waals surface area contributed by atoms with Crippen LogP contribution in [0, 0.1) is 27.7 Å². The Morgan fingerprint density at radius 2 is 0.982 bits per heavy atom. The average Bonchev–Trinajstić information content (AvgIpc) is 3.16. The van der Waals surface area contributed by atoms with Crippen molar-refractivity contribution >= 4 is 60.6 Å². The standard InChI is InChI=1S/C50H43NO4/c1-25(2)33-11-9-12-34(26(3)4)46(33)51-49(53)40-17-15-37-35-13-10-14-39-42(20-19-36(43(35)39)38-16-18-41(50(51)54)45(40)44(37)38)55-48-29(7)23-32(24-30(48)8)31-21-27(5)47(52)28(6)22-31/h9-26,52H,1-8H3. The lowest BCUT2D eigenvalue weighted by Gasteiger charge is -2.32. The second-order valence-electron chi connectivity index (χ2n) is 16.0. The maximum Gasteiger partial charge on any atom is 0.266 e. The van der Waals surface area contributed by atoms with E-state index in [-0.39, 0.29) is 23.7 Å². The van der Waals surface area contributed by atoms with Crippen LogP contribution in [0.4, 0.5) is 5.69 Å². The highest BCUT2D eigenvalue weighted by atomic mass is 16.5. The lowest BCUT2D eigenvalue weighted by molar-refractivity contribution is 0.0893. The van der Waals surface area contributed by atoms with Gasteiger partial charge in [0, 0.05) is 27.3 Å². The molecule has 0 bridgehead atoms. The van der Waals surface area contributed by atoms with E-state index in [0.717, 1.165) is 105 Å². The maximum atomic E-state index is 14.6. The normalized spacial score (nSPS) is 13.2. The van der Waals surface area contributed by atoms with Crippen LogP contribution in [-0.2, 0) is 0 Å². The number of hydrogen-bond donors (Lipinski definition) is 1. The number of benzene rings is 8. The molecule has 0 saturated heterocycles. The van der Waals surface area contributed by atoms with Crippen molar-refractivity contribution in [3.63, 3.8) is 0 Å². The number of nitrogens with zero attached hydrogens (tertiary/aromatic N) is 1. The van der Waals surface area contributed by atoms with E-state index < -0.39 is 0 Å². The number of para-hydroxylation sites is 1. The SMILES string of the molecule is Cc1cc(-c2cc(C)c(Oc3ccc4c5ccc6c7c(ccc(c8cccc3c84)c75)C(=O)N(c3c(C(C)C)cccc3C(C)C)C6=O)c(C)c2)cc(C)c1O. The molecule has 0 radical (unpaired) electrons. The number of carbonyl (C=O) groups excluding carboxylic acids is 2. The second kappa shape index (κ2) is 12.4. The van der Waals surface area contributed by atoms with Gasteiger partial charge in [0.05, 0.1) is 5.69 Å². The molecule has 1 heterocycles. The van der Waals surface area contributed by atoms with Crippen molar-refractivity contribution in [1.82, 2.24) is 0 Å². The molecular formula is C50H43NO4. The van der Waals surface area contributed by atoms with Crippen molar-refractivity contribution in [3.8, 4) is 28.4 Å². The first kappa shape index (κ1) is 34.6. The average molecular weight is 722 g/mol. The van der Waals surface area contributed by atoms with Crippen LogP contribution in [0.2, 0.25) is 0 Å². The molecule has 0 fully saturated rings. The number of phenols is 1. The summed E-state index contributed by atoms with van der Waals surface area (Å²) < 4.78 is 6.81. The van der Waals surface area contributed by atoms with Crippen LogP contribution in [0.15, 0.2) is 97.1 Å². The zero-order valence-electron chi connectivity index (χ0n) is 32.5. The number of aromatic hydroxyl groups is 1. The Morgan fingerprint density at radius 3 is 1.53 bits per heavy atom. The number of phenolic OH excluding ortho intramolecular Hbond substituents is 1. The summed E-state index contributed by atoms with van der Waals surface area (Å²) in [5.41, 5.74) is 9.66. The highest BCUT2D eigenvalue weighted by molar-refractivity contribution is 6.42. The Labute approximate surface area is 321 Å². The Kier molecular flexibility index (Phi) is 7.81. The summed E-state index contributed by atoms with van der Waals surface area (Å²) in [5.74, 6) is 1.60. The van der Waals surface area contributed by atoms with E-state index in [1.54, 1.807) is 0 Å². The van der Waals surface area contributed by atoms with Crippen LogP contribution in [0.3, 0.4) is 0 Å². The van der Waals surface area contributed by atoms with Crippen molar-refractivity contribution in [1.29, 1.82) is 0 Å². The first-order chi connectivity index (χ1) is 26.3. The Morgan fingerprint density at radius 1 is 0.527 bits per heavy atom. The fraction of sp³-hybridized carbons (Fsp3) is 0.200. The number of ether oxygens (including phenoxy) is 1. The van der Waals surface area contributed by atoms with Gasteiger partial charge in [-0.3, -0.25) is 9.59 Å². The van der Waals surface area contributed by atoms with Gasteiger partial charge in [0.25, 0.3) is 11.8 Å². The molecule has 0 atom stereocenters. The molecule has 5 heteroatoms. The van der Waals surface area contributed by atoms with Crippen LogP contribution in [-0.4, -0.2) is 16.9 Å². The van der Waals surface area contributed by atoms with Gasteiger partial charge in [-0.25, -0.2) is 4.90 Å². The van der Waals surface area contributed by atoms with Crippen LogP contribution < -0.4 is 9.64 Å². The second-order valence-corrected chi connectivity index (χ2v) is 16.0. The van der Waals surface area contributed by atoms with Gasteiger partial charge in [-0.1, -0.05) is 76.2 Å².